The number of alkyl halides is 3. The number of H-pyrrole nitrogens is 1. The summed E-state index contributed by atoms with van der Waals surface area (Å²) in [5.41, 5.74) is 0.574. The van der Waals surface area contributed by atoms with E-state index in [1.54, 1.807) is 6.07 Å². The predicted molar refractivity (Wildman–Crippen MR) is 47.6 cm³/mol. The summed E-state index contributed by atoms with van der Waals surface area (Å²) in [6.45, 7) is 0. The molecule has 0 saturated carbocycles. The van der Waals surface area contributed by atoms with Crippen LogP contribution in [0.15, 0.2) is 18.2 Å². The lowest BCUT2D eigenvalue weighted by atomic mass is 10.3. The Morgan fingerprint density at radius 3 is 2.67 bits per heavy atom. The normalized spacial score (nSPS) is 12.0. The second-order valence-corrected chi connectivity index (χ2v) is 2.97. The Balaban J connectivity index is 2.56. The zero-order chi connectivity index (χ0) is 11.1. The van der Waals surface area contributed by atoms with Crippen molar-refractivity contribution < 1.29 is 17.9 Å². The summed E-state index contributed by atoms with van der Waals surface area (Å²) in [7, 11) is 1.45. The molecule has 0 unspecified atom stereocenters. The van der Waals surface area contributed by atoms with Crippen molar-refractivity contribution in [1.82, 2.24) is 9.97 Å². The molecule has 3 nitrogen and oxygen atoms in total. The molecule has 1 N–H and O–H groups in total. The van der Waals surface area contributed by atoms with Crippen LogP contribution in [-0.4, -0.2) is 17.1 Å². The van der Waals surface area contributed by atoms with Crippen molar-refractivity contribution in [2.75, 3.05) is 7.11 Å². The number of benzene rings is 1. The number of fused-ring (bicyclic) bond motifs is 1. The van der Waals surface area contributed by atoms with Gasteiger partial charge in [-0.05, 0) is 12.1 Å². The molecule has 0 bridgehead atoms. The summed E-state index contributed by atoms with van der Waals surface area (Å²) >= 11 is 0. The standard InChI is InChI=1S/C9H7F3N2O/c1-15-5-2-3-6-7(4-5)14-8(13-6)9(10,11)12/h2-4H,1H3,(H,13,14). The lowest BCUT2D eigenvalue weighted by molar-refractivity contribution is -0.144. The monoisotopic (exact) mass is 216 g/mol. The molecule has 0 amide bonds. The molecule has 2 aromatic rings. The van der Waals surface area contributed by atoms with Crippen LogP contribution in [0.3, 0.4) is 0 Å². The third-order valence-electron chi connectivity index (χ3n) is 1.96. The van der Waals surface area contributed by atoms with Gasteiger partial charge in [0.05, 0.1) is 18.1 Å². The minimum atomic E-state index is -4.45. The van der Waals surface area contributed by atoms with E-state index in [4.69, 9.17) is 4.74 Å². The van der Waals surface area contributed by atoms with Crippen molar-refractivity contribution >= 4 is 11.0 Å². The Morgan fingerprint density at radius 2 is 2.07 bits per heavy atom. The van der Waals surface area contributed by atoms with E-state index in [1.807, 2.05) is 0 Å². The van der Waals surface area contributed by atoms with Crippen LogP contribution in [-0.2, 0) is 6.18 Å². The number of halogens is 3. The number of imidazole rings is 1. The molecule has 1 aromatic heterocycles. The van der Waals surface area contributed by atoms with Gasteiger partial charge < -0.3 is 9.72 Å². The highest BCUT2D eigenvalue weighted by Gasteiger charge is 2.34. The first-order chi connectivity index (χ1) is 7.00. The van der Waals surface area contributed by atoms with Gasteiger partial charge in [0.25, 0.3) is 0 Å². The summed E-state index contributed by atoms with van der Waals surface area (Å²) in [6.07, 6.45) is -4.45. The third-order valence-corrected chi connectivity index (χ3v) is 1.96. The molecule has 15 heavy (non-hydrogen) atoms. The highest BCUT2D eigenvalue weighted by Crippen LogP contribution is 2.29. The highest BCUT2D eigenvalue weighted by molar-refractivity contribution is 5.76. The summed E-state index contributed by atoms with van der Waals surface area (Å²) in [5, 5.41) is 0. The van der Waals surface area contributed by atoms with Gasteiger partial charge in [0.2, 0.25) is 5.82 Å². The molecule has 1 aromatic carbocycles. The van der Waals surface area contributed by atoms with E-state index in [0.29, 0.717) is 11.3 Å². The first kappa shape index (κ1) is 9.82. The van der Waals surface area contributed by atoms with E-state index < -0.39 is 12.0 Å². The van der Waals surface area contributed by atoms with E-state index in [2.05, 4.69) is 9.97 Å². The Bertz CT molecular complexity index is 490. The van der Waals surface area contributed by atoms with E-state index in [1.165, 1.54) is 19.2 Å². The topological polar surface area (TPSA) is 37.9 Å². The van der Waals surface area contributed by atoms with Crippen molar-refractivity contribution in [2.24, 2.45) is 0 Å². The van der Waals surface area contributed by atoms with E-state index >= 15 is 0 Å². The highest BCUT2D eigenvalue weighted by atomic mass is 19.4. The van der Waals surface area contributed by atoms with Crippen LogP contribution < -0.4 is 4.74 Å². The molecule has 0 fully saturated rings. The molecule has 0 aliphatic carbocycles. The molecular formula is C9H7F3N2O. The second kappa shape index (κ2) is 3.15. The number of methoxy groups -OCH3 is 1. The number of rotatable bonds is 1. The van der Waals surface area contributed by atoms with Crippen molar-refractivity contribution in [3.63, 3.8) is 0 Å². The number of ether oxygens (including phenoxy) is 1. The minimum Gasteiger partial charge on any atom is -0.497 e. The molecule has 0 aliphatic heterocycles. The zero-order valence-corrected chi connectivity index (χ0v) is 7.72. The Hall–Kier alpha value is -1.72. The van der Waals surface area contributed by atoms with Gasteiger partial charge in [-0.2, -0.15) is 13.2 Å². The molecule has 2 rings (SSSR count). The zero-order valence-electron chi connectivity index (χ0n) is 7.72. The SMILES string of the molecule is COc1ccc2nc(C(F)(F)F)[nH]c2c1. The Morgan fingerprint density at radius 1 is 1.33 bits per heavy atom. The number of aromatic amines is 1. The van der Waals surface area contributed by atoms with Crippen molar-refractivity contribution in [2.45, 2.75) is 6.18 Å². The molecule has 1 heterocycles. The van der Waals surface area contributed by atoms with Crippen LogP contribution in [0.1, 0.15) is 5.82 Å². The summed E-state index contributed by atoms with van der Waals surface area (Å²) in [6, 6.07) is 4.50. The van der Waals surface area contributed by atoms with Gasteiger partial charge >= 0.3 is 6.18 Å². The van der Waals surface area contributed by atoms with Crippen LogP contribution in [0.2, 0.25) is 0 Å². The van der Waals surface area contributed by atoms with Crippen LogP contribution in [0.5, 0.6) is 5.75 Å². The predicted octanol–water partition coefficient (Wildman–Crippen LogP) is 2.59. The molecule has 80 valence electrons. The molecule has 0 aliphatic rings. The van der Waals surface area contributed by atoms with Crippen LogP contribution in [0.4, 0.5) is 13.2 Å². The molecule has 0 radical (unpaired) electrons. The summed E-state index contributed by atoms with van der Waals surface area (Å²) < 4.78 is 41.7. The molecule has 0 saturated heterocycles. The van der Waals surface area contributed by atoms with Crippen molar-refractivity contribution in [3.05, 3.63) is 24.0 Å². The first-order valence-electron chi connectivity index (χ1n) is 4.11. The second-order valence-electron chi connectivity index (χ2n) is 2.97. The number of nitrogens with one attached hydrogen (secondary N) is 1. The Labute approximate surface area is 82.9 Å². The first-order valence-corrected chi connectivity index (χ1v) is 4.11. The number of hydrogen-bond donors (Lipinski definition) is 1. The van der Waals surface area contributed by atoms with Gasteiger partial charge in [0, 0.05) is 6.07 Å². The maximum atomic E-state index is 12.3. The van der Waals surface area contributed by atoms with Crippen LogP contribution in [0, 0.1) is 0 Å². The average Bonchev–Trinajstić information content (AvgIpc) is 2.59. The van der Waals surface area contributed by atoms with Gasteiger partial charge in [-0.15, -0.1) is 0 Å². The quantitative estimate of drug-likeness (QED) is 0.795. The number of nitrogens with zero attached hydrogens (tertiary/aromatic N) is 1. The van der Waals surface area contributed by atoms with Gasteiger partial charge in [-0.1, -0.05) is 0 Å². The third kappa shape index (κ3) is 1.74. The van der Waals surface area contributed by atoms with E-state index in [0.717, 1.165) is 0 Å². The largest absolute Gasteiger partial charge is 0.497 e. The maximum absolute atomic E-state index is 12.3. The van der Waals surface area contributed by atoms with E-state index in [9.17, 15) is 13.2 Å². The number of aromatic nitrogens is 2. The smallest absolute Gasteiger partial charge is 0.449 e. The Kier molecular flexibility index (Phi) is 2.06. The molecular weight excluding hydrogens is 209 g/mol. The lowest BCUT2D eigenvalue weighted by Gasteiger charge is -1.99. The molecule has 0 atom stereocenters. The van der Waals surface area contributed by atoms with Crippen molar-refractivity contribution in [3.8, 4) is 5.75 Å². The molecule has 6 heteroatoms. The van der Waals surface area contributed by atoms with Gasteiger partial charge in [-0.3, -0.25) is 0 Å². The summed E-state index contributed by atoms with van der Waals surface area (Å²) in [5.74, 6) is -0.509. The fourth-order valence-electron chi connectivity index (χ4n) is 1.25. The van der Waals surface area contributed by atoms with Gasteiger partial charge in [0.15, 0.2) is 0 Å². The number of hydrogen-bond acceptors (Lipinski definition) is 2. The van der Waals surface area contributed by atoms with Gasteiger partial charge in [0.1, 0.15) is 5.75 Å². The van der Waals surface area contributed by atoms with Crippen LogP contribution >= 0.6 is 0 Å². The minimum absolute atomic E-state index is 0.267. The fraction of sp³-hybridized carbons (Fsp3) is 0.222. The van der Waals surface area contributed by atoms with Crippen LogP contribution in [0.25, 0.3) is 11.0 Å². The lowest BCUT2D eigenvalue weighted by Crippen LogP contribution is -2.06. The van der Waals surface area contributed by atoms with Gasteiger partial charge in [-0.25, -0.2) is 4.98 Å². The average molecular weight is 216 g/mol. The molecule has 0 spiro atoms. The van der Waals surface area contributed by atoms with E-state index in [-0.39, 0.29) is 5.52 Å². The maximum Gasteiger partial charge on any atom is 0.449 e. The van der Waals surface area contributed by atoms with Crippen molar-refractivity contribution in [1.29, 1.82) is 0 Å². The fourth-order valence-corrected chi connectivity index (χ4v) is 1.25. The summed E-state index contributed by atoms with van der Waals surface area (Å²) in [4.78, 5) is 5.62.